The highest BCUT2D eigenvalue weighted by atomic mass is 14.9. The zero-order valence-electron chi connectivity index (χ0n) is 10.2. The van der Waals surface area contributed by atoms with E-state index in [1.165, 1.54) is 23.1 Å². The first-order valence-electron chi connectivity index (χ1n) is 5.88. The number of hydrogen-bond donors (Lipinski definition) is 1. The van der Waals surface area contributed by atoms with E-state index in [0.717, 1.165) is 11.8 Å². The summed E-state index contributed by atoms with van der Waals surface area (Å²) < 4.78 is 0. The second-order valence-electron chi connectivity index (χ2n) is 4.93. The smallest absolute Gasteiger partial charge is 0.0351 e. The van der Waals surface area contributed by atoms with Crippen LogP contribution < -0.4 is 5.32 Å². The van der Waals surface area contributed by atoms with E-state index in [2.05, 4.69) is 51.3 Å². The van der Waals surface area contributed by atoms with Crippen LogP contribution in [-0.4, -0.2) is 7.05 Å². The molecular formula is C14H21N. The van der Waals surface area contributed by atoms with Crippen LogP contribution in [0.3, 0.4) is 0 Å². The van der Waals surface area contributed by atoms with Crippen molar-refractivity contribution in [3.63, 3.8) is 0 Å². The molecule has 0 aromatic heterocycles. The first kappa shape index (κ1) is 10.7. The van der Waals surface area contributed by atoms with Gasteiger partial charge in [-0.3, -0.25) is 0 Å². The molecule has 1 heteroatoms. The first-order chi connectivity index (χ1) is 7.15. The molecule has 1 aliphatic rings. The van der Waals surface area contributed by atoms with E-state index in [-0.39, 0.29) is 0 Å². The van der Waals surface area contributed by atoms with E-state index in [1.54, 1.807) is 0 Å². The molecule has 3 unspecified atom stereocenters. The lowest BCUT2D eigenvalue weighted by Gasteiger charge is -2.20. The van der Waals surface area contributed by atoms with Crippen molar-refractivity contribution in [2.24, 2.45) is 11.8 Å². The Morgan fingerprint density at radius 2 is 2.00 bits per heavy atom. The van der Waals surface area contributed by atoms with Crippen molar-refractivity contribution in [3.05, 3.63) is 34.9 Å². The van der Waals surface area contributed by atoms with E-state index in [9.17, 15) is 0 Å². The standard InChI is InChI=1S/C14H21N/c1-9-6-5-7-12(11(9)3)14(15-4)13-8-10(13)2/h5-7,10,13-15H,8H2,1-4H3. The minimum atomic E-state index is 0.555. The Kier molecular flexibility index (Phi) is 2.83. The summed E-state index contributed by atoms with van der Waals surface area (Å²) >= 11 is 0. The summed E-state index contributed by atoms with van der Waals surface area (Å²) in [6, 6.07) is 7.20. The molecule has 1 nitrogen and oxygen atoms in total. The molecule has 0 heterocycles. The van der Waals surface area contributed by atoms with E-state index < -0.39 is 0 Å². The highest BCUT2D eigenvalue weighted by Gasteiger charge is 2.39. The first-order valence-corrected chi connectivity index (χ1v) is 5.88. The van der Waals surface area contributed by atoms with Crippen LogP contribution in [0.15, 0.2) is 18.2 Å². The second-order valence-corrected chi connectivity index (χ2v) is 4.93. The SMILES string of the molecule is CNC(c1cccc(C)c1C)C1CC1C. The fourth-order valence-electron chi connectivity index (χ4n) is 2.53. The molecule has 3 atom stereocenters. The van der Waals surface area contributed by atoms with Crippen molar-refractivity contribution in [2.45, 2.75) is 33.2 Å². The zero-order chi connectivity index (χ0) is 11.0. The Hall–Kier alpha value is -0.820. The zero-order valence-corrected chi connectivity index (χ0v) is 10.2. The van der Waals surface area contributed by atoms with E-state index in [0.29, 0.717) is 6.04 Å². The van der Waals surface area contributed by atoms with Crippen molar-refractivity contribution in [1.82, 2.24) is 5.32 Å². The minimum absolute atomic E-state index is 0.555. The lowest BCUT2D eigenvalue weighted by atomic mass is 9.94. The maximum Gasteiger partial charge on any atom is 0.0351 e. The van der Waals surface area contributed by atoms with Gasteiger partial charge in [-0.2, -0.15) is 0 Å². The van der Waals surface area contributed by atoms with Gasteiger partial charge in [-0.15, -0.1) is 0 Å². The Balaban J connectivity index is 2.30. The summed E-state index contributed by atoms with van der Waals surface area (Å²) in [6.45, 7) is 6.78. The van der Waals surface area contributed by atoms with Crippen molar-refractivity contribution < 1.29 is 0 Å². The van der Waals surface area contributed by atoms with Gasteiger partial charge in [-0.25, -0.2) is 0 Å². The number of benzene rings is 1. The monoisotopic (exact) mass is 203 g/mol. The average Bonchev–Trinajstić information content (AvgIpc) is 2.91. The lowest BCUT2D eigenvalue weighted by Crippen LogP contribution is -2.20. The van der Waals surface area contributed by atoms with E-state index in [4.69, 9.17) is 0 Å². The third-order valence-electron chi connectivity index (χ3n) is 3.89. The molecule has 82 valence electrons. The van der Waals surface area contributed by atoms with Crippen LogP contribution in [0.2, 0.25) is 0 Å². The van der Waals surface area contributed by atoms with Crippen LogP contribution in [0.25, 0.3) is 0 Å². The lowest BCUT2D eigenvalue weighted by molar-refractivity contribution is 0.501. The van der Waals surface area contributed by atoms with Gasteiger partial charge in [-0.05, 0) is 55.8 Å². The van der Waals surface area contributed by atoms with Gasteiger partial charge in [0.15, 0.2) is 0 Å². The topological polar surface area (TPSA) is 12.0 Å². The Morgan fingerprint density at radius 3 is 2.53 bits per heavy atom. The van der Waals surface area contributed by atoms with Crippen molar-refractivity contribution in [1.29, 1.82) is 0 Å². The summed E-state index contributed by atoms with van der Waals surface area (Å²) in [4.78, 5) is 0. The Bertz CT molecular complexity index is 356. The molecule has 1 saturated carbocycles. The summed E-state index contributed by atoms with van der Waals surface area (Å²) in [5.74, 6) is 1.73. The minimum Gasteiger partial charge on any atom is -0.313 e. The number of rotatable bonds is 3. The second kappa shape index (κ2) is 3.97. The van der Waals surface area contributed by atoms with Crippen molar-refractivity contribution in [3.8, 4) is 0 Å². The predicted octanol–water partition coefficient (Wildman–Crippen LogP) is 3.22. The van der Waals surface area contributed by atoms with Gasteiger partial charge < -0.3 is 5.32 Å². The van der Waals surface area contributed by atoms with Crippen LogP contribution in [0, 0.1) is 25.7 Å². The van der Waals surface area contributed by atoms with Gasteiger partial charge >= 0.3 is 0 Å². The van der Waals surface area contributed by atoms with Gasteiger partial charge in [-0.1, -0.05) is 25.1 Å². The van der Waals surface area contributed by atoms with Gasteiger partial charge in [0, 0.05) is 6.04 Å². The highest BCUT2D eigenvalue weighted by molar-refractivity contribution is 5.36. The summed E-state index contributed by atoms with van der Waals surface area (Å²) in [6.07, 6.45) is 1.37. The molecule has 1 fully saturated rings. The molecule has 0 saturated heterocycles. The number of aryl methyl sites for hydroxylation is 1. The summed E-state index contributed by atoms with van der Waals surface area (Å²) in [7, 11) is 2.08. The summed E-state index contributed by atoms with van der Waals surface area (Å²) in [5, 5.41) is 3.48. The quantitative estimate of drug-likeness (QED) is 0.795. The van der Waals surface area contributed by atoms with Crippen molar-refractivity contribution in [2.75, 3.05) is 7.05 Å². The largest absolute Gasteiger partial charge is 0.313 e. The summed E-state index contributed by atoms with van der Waals surface area (Å²) in [5.41, 5.74) is 4.35. The molecule has 0 radical (unpaired) electrons. The molecule has 0 bridgehead atoms. The molecule has 15 heavy (non-hydrogen) atoms. The fourth-order valence-corrected chi connectivity index (χ4v) is 2.53. The molecular weight excluding hydrogens is 182 g/mol. The molecule has 0 amide bonds. The third-order valence-corrected chi connectivity index (χ3v) is 3.89. The third kappa shape index (κ3) is 1.93. The molecule has 1 aromatic carbocycles. The molecule has 1 aromatic rings. The maximum atomic E-state index is 3.48. The van der Waals surface area contributed by atoms with Crippen molar-refractivity contribution >= 4 is 0 Å². The predicted molar refractivity (Wildman–Crippen MR) is 65.0 cm³/mol. The normalized spacial score (nSPS) is 26.4. The van der Waals surface area contributed by atoms with Gasteiger partial charge in [0.25, 0.3) is 0 Å². The van der Waals surface area contributed by atoms with E-state index >= 15 is 0 Å². The number of hydrogen-bond acceptors (Lipinski definition) is 1. The van der Waals surface area contributed by atoms with E-state index in [1.807, 2.05) is 0 Å². The average molecular weight is 203 g/mol. The molecule has 1 N–H and O–H groups in total. The molecule has 0 spiro atoms. The maximum absolute atomic E-state index is 3.48. The molecule has 1 aliphatic carbocycles. The Labute approximate surface area is 92.9 Å². The van der Waals surface area contributed by atoms with Crippen LogP contribution in [0.4, 0.5) is 0 Å². The van der Waals surface area contributed by atoms with Crippen LogP contribution >= 0.6 is 0 Å². The fraction of sp³-hybridized carbons (Fsp3) is 0.571. The van der Waals surface area contributed by atoms with Gasteiger partial charge in [0.2, 0.25) is 0 Å². The van der Waals surface area contributed by atoms with Gasteiger partial charge in [0.1, 0.15) is 0 Å². The molecule has 2 rings (SSSR count). The van der Waals surface area contributed by atoms with Gasteiger partial charge in [0.05, 0.1) is 0 Å². The highest BCUT2D eigenvalue weighted by Crippen LogP contribution is 2.47. The molecule has 0 aliphatic heterocycles. The van der Waals surface area contributed by atoms with Crippen LogP contribution in [0.1, 0.15) is 36.1 Å². The van der Waals surface area contributed by atoms with Crippen LogP contribution in [0.5, 0.6) is 0 Å². The number of nitrogens with one attached hydrogen (secondary N) is 1. The van der Waals surface area contributed by atoms with Crippen LogP contribution in [-0.2, 0) is 0 Å². The Morgan fingerprint density at radius 1 is 1.33 bits per heavy atom.